The average molecular weight is 782 g/mol. The third-order valence-electron chi connectivity index (χ3n) is 12.7. The number of benzene rings is 9. The summed E-state index contributed by atoms with van der Waals surface area (Å²) in [5.74, 6) is 0.713. The van der Waals surface area contributed by atoms with Gasteiger partial charge in [-0.1, -0.05) is 133 Å². The van der Waals surface area contributed by atoms with E-state index in [0.717, 1.165) is 66.8 Å². The van der Waals surface area contributed by atoms with E-state index < -0.39 is 0 Å². The molecule has 0 spiro atoms. The first-order chi connectivity index (χ1) is 29.7. The van der Waals surface area contributed by atoms with Gasteiger partial charge in [0.2, 0.25) is 0 Å². The van der Waals surface area contributed by atoms with E-state index in [0.29, 0.717) is 12.2 Å². The van der Waals surface area contributed by atoms with Crippen molar-refractivity contribution in [2.75, 3.05) is 0 Å². The number of para-hydroxylation sites is 1. The lowest BCUT2D eigenvalue weighted by atomic mass is 9.92. The van der Waals surface area contributed by atoms with Crippen LogP contribution in [-0.2, 0) is 6.42 Å². The highest BCUT2D eigenvalue weighted by atomic mass is 32.1. The molecule has 0 atom stereocenters. The van der Waals surface area contributed by atoms with Gasteiger partial charge >= 0.3 is 0 Å². The van der Waals surface area contributed by atoms with Crippen LogP contribution >= 0.6 is 11.3 Å². The fourth-order valence-electron chi connectivity index (χ4n) is 10.1. The first-order valence-corrected chi connectivity index (χ1v) is 21.3. The van der Waals surface area contributed by atoms with Crippen molar-refractivity contribution in [1.82, 2.24) is 14.5 Å². The molecule has 0 fully saturated rings. The van der Waals surface area contributed by atoms with Crippen LogP contribution < -0.4 is 0 Å². The van der Waals surface area contributed by atoms with Crippen molar-refractivity contribution >= 4 is 96.8 Å². The van der Waals surface area contributed by atoms with Crippen molar-refractivity contribution in [3.8, 4) is 39.6 Å². The second-order valence-electron chi connectivity index (χ2n) is 16.0. The molecule has 6 heterocycles. The predicted molar refractivity (Wildman–Crippen MR) is 251 cm³/mol. The minimum absolute atomic E-state index is 0.656. The number of furan rings is 1. The quantitative estimate of drug-likeness (QED) is 0.175. The Morgan fingerprint density at radius 1 is 0.483 bits per heavy atom. The van der Waals surface area contributed by atoms with E-state index in [1.54, 1.807) is 0 Å². The Kier molecular flexibility index (Phi) is 6.46. The summed E-state index contributed by atoms with van der Waals surface area (Å²) < 4.78 is 11.7. The molecule has 2 aliphatic rings. The summed E-state index contributed by atoms with van der Waals surface area (Å²) >= 11 is 1.82. The lowest BCUT2D eigenvalue weighted by molar-refractivity contribution is 0.669. The molecule has 0 amide bonds. The second-order valence-corrected chi connectivity index (χ2v) is 17.1. The van der Waals surface area contributed by atoms with Crippen LogP contribution in [0.25, 0.3) is 125 Å². The summed E-state index contributed by atoms with van der Waals surface area (Å²) in [7, 11) is 0. The van der Waals surface area contributed by atoms with E-state index in [4.69, 9.17) is 14.4 Å². The van der Waals surface area contributed by atoms with E-state index in [1.807, 2.05) is 11.3 Å². The number of rotatable bonds is 2. The maximum Gasteiger partial charge on any atom is 0.161 e. The fraction of sp³-hybridized carbons (Fsp3) is 0.0182. The number of thiophene rings is 1. The highest BCUT2D eigenvalue weighted by molar-refractivity contribution is 7.25. The molecule has 0 saturated carbocycles. The van der Waals surface area contributed by atoms with E-state index in [-0.39, 0.29) is 0 Å². The van der Waals surface area contributed by atoms with Gasteiger partial charge in [0.15, 0.2) is 5.82 Å². The maximum atomic E-state index is 6.73. The third kappa shape index (κ3) is 4.44. The third-order valence-corrected chi connectivity index (χ3v) is 13.9. The van der Waals surface area contributed by atoms with E-state index in [1.165, 1.54) is 63.6 Å². The largest absolute Gasteiger partial charge is 0.456 e. The summed E-state index contributed by atoms with van der Waals surface area (Å²) in [4.78, 5) is 11.4. The summed E-state index contributed by atoms with van der Waals surface area (Å²) in [5, 5.41) is 11.8. The standard InChI is InChI=1S/C55H31N3OS/c1-2-11-32(12-3-1)51-43-28-31-21-23-36-35(27-31)22-24-37-42-29-33-13-4-5-14-34(33)30-44(42)58(53(36)37)54-41(25-26-46-50(54)38-15-6-8-18-45(38)59-46)52(43)57-55(56-51)40-17-10-20-48-49(40)39-16-7-9-19-47(39)60-48/h1-27,29-30H,28H2. The zero-order valence-corrected chi connectivity index (χ0v) is 32.9. The molecule has 5 heteroatoms. The monoisotopic (exact) mass is 781 g/mol. The van der Waals surface area contributed by atoms with E-state index >= 15 is 0 Å². The van der Waals surface area contributed by atoms with Gasteiger partial charge in [-0.2, -0.15) is 0 Å². The molecule has 9 aromatic carbocycles. The zero-order chi connectivity index (χ0) is 39.1. The molecular weight excluding hydrogens is 751 g/mol. The average Bonchev–Trinajstić information content (AvgIpc) is 3.97. The molecule has 4 nitrogen and oxygen atoms in total. The van der Waals surface area contributed by atoms with E-state index in [2.05, 4.69) is 180 Å². The molecule has 60 heavy (non-hydrogen) atoms. The fourth-order valence-corrected chi connectivity index (χ4v) is 11.3. The van der Waals surface area contributed by atoms with Gasteiger partial charge in [-0.15, -0.1) is 11.3 Å². The van der Waals surface area contributed by atoms with E-state index in [9.17, 15) is 0 Å². The van der Waals surface area contributed by atoms with Crippen molar-refractivity contribution in [2.45, 2.75) is 6.42 Å². The SMILES string of the molecule is c1ccc(-c2nc(-c3cccc4sc5ccccc5c34)nc3c2Cc2ccc4c(ccc5c6cc7ccccc7cc6n(c45)-c4c-3ccc3oc5ccccc5c43)c2)cc1. The Hall–Kier alpha value is -7.60. The van der Waals surface area contributed by atoms with Gasteiger partial charge < -0.3 is 8.98 Å². The topological polar surface area (TPSA) is 43.9 Å². The van der Waals surface area contributed by atoms with Gasteiger partial charge in [0.1, 0.15) is 11.2 Å². The molecule has 15 rings (SSSR count). The van der Waals surface area contributed by atoms with Crippen LogP contribution in [0.4, 0.5) is 0 Å². The van der Waals surface area contributed by atoms with Crippen molar-refractivity contribution in [3.63, 3.8) is 0 Å². The Morgan fingerprint density at radius 3 is 2.17 bits per heavy atom. The van der Waals surface area contributed by atoms with Crippen molar-refractivity contribution < 1.29 is 4.42 Å². The van der Waals surface area contributed by atoms with Crippen LogP contribution in [0.2, 0.25) is 0 Å². The molecule has 4 aromatic heterocycles. The first kappa shape index (κ1) is 32.4. The minimum Gasteiger partial charge on any atom is -0.456 e. The van der Waals surface area contributed by atoms with Gasteiger partial charge in [0, 0.05) is 70.4 Å². The zero-order valence-electron chi connectivity index (χ0n) is 32.1. The molecule has 0 aliphatic carbocycles. The highest BCUT2D eigenvalue weighted by Gasteiger charge is 2.28. The maximum absolute atomic E-state index is 6.73. The molecule has 278 valence electrons. The lowest BCUT2D eigenvalue weighted by Crippen LogP contribution is -2.06. The minimum atomic E-state index is 0.656. The van der Waals surface area contributed by atoms with Crippen LogP contribution in [-0.4, -0.2) is 14.5 Å². The van der Waals surface area contributed by atoms with Gasteiger partial charge in [0.05, 0.1) is 33.5 Å². The Balaban J connectivity index is 1.22. The van der Waals surface area contributed by atoms with Gasteiger partial charge in [-0.25, -0.2) is 9.97 Å². The van der Waals surface area contributed by atoms with Gasteiger partial charge in [-0.05, 0) is 64.2 Å². The Morgan fingerprint density at radius 2 is 1.25 bits per heavy atom. The van der Waals surface area contributed by atoms with Crippen LogP contribution in [0.3, 0.4) is 0 Å². The summed E-state index contributed by atoms with van der Waals surface area (Å²) in [5.41, 5.74) is 12.4. The summed E-state index contributed by atoms with van der Waals surface area (Å²) in [6.45, 7) is 0. The molecule has 13 aromatic rings. The van der Waals surface area contributed by atoms with Crippen molar-refractivity contribution in [3.05, 3.63) is 187 Å². The highest BCUT2D eigenvalue weighted by Crippen LogP contribution is 2.48. The van der Waals surface area contributed by atoms with Crippen molar-refractivity contribution in [1.29, 1.82) is 0 Å². The Bertz CT molecular complexity index is 3980. The second kappa shape index (κ2) is 12.0. The van der Waals surface area contributed by atoms with Gasteiger partial charge in [0.25, 0.3) is 0 Å². The molecule has 0 saturated heterocycles. The molecule has 4 bridgehead atoms. The molecular formula is C55H31N3OS. The smallest absolute Gasteiger partial charge is 0.161 e. The first-order valence-electron chi connectivity index (χ1n) is 20.4. The molecule has 0 N–H and O–H groups in total. The number of fused-ring (bicyclic) bond motifs is 10. The number of nitrogens with zero attached hydrogens (tertiary/aromatic N) is 3. The molecule has 2 aliphatic heterocycles. The lowest BCUT2D eigenvalue weighted by Gasteiger charge is -2.20. The van der Waals surface area contributed by atoms with Crippen LogP contribution in [0, 0.1) is 0 Å². The van der Waals surface area contributed by atoms with Crippen molar-refractivity contribution in [2.24, 2.45) is 0 Å². The van der Waals surface area contributed by atoms with Crippen LogP contribution in [0.1, 0.15) is 11.1 Å². The number of hydrogen-bond donors (Lipinski definition) is 0. The van der Waals surface area contributed by atoms with Crippen LogP contribution in [0.15, 0.2) is 180 Å². The number of aromatic nitrogens is 3. The Labute approximate surface area is 347 Å². The number of hydrogen-bond acceptors (Lipinski definition) is 4. The predicted octanol–water partition coefficient (Wildman–Crippen LogP) is 15.1. The molecule has 0 radical (unpaired) electrons. The summed E-state index contributed by atoms with van der Waals surface area (Å²) in [6.07, 6.45) is 0.656. The molecule has 0 unspecified atom stereocenters. The van der Waals surface area contributed by atoms with Crippen LogP contribution in [0.5, 0.6) is 0 Å². The summed E-state index contributed by atoms with van der Waals surface area (Å²) in [6, 6.07) is 63.9. The van der Waals surface area contributed by atoms with Gasteiger partial charge in [-0.3, -0.25) is 0 Å². The normalized spacial score (nSPS) is 12.6.